The quantitative estimate of drug-likeness (QED) is 0.717. The van der Waals surface area contributed by atoms with Gasteiger partial charge in [0.2, 0.25) is 0 Å². The Labute approximate surface area is 103 Å². The van der Waals surface area contributed by atoms with Gasteiger partial charge in [-0.25, -0.2) is 14.4 Å². The molecule has 0 spiro atoms. The molecule has 0 heterocycles. The molecular formula is C12H12O6. The Bertz CT molecular complexity index is 505. The summed E-state index contributed by atoms with van der Waals surface area (Å²) in [5, 5.41) is 18.1. The van der Waals surface area contributed by atoms with Gasteiger partial charge in [0, 0.05) is 11.5 Å². The molecule has 0 aromatic rings. The van der Waals surface area contributed by atoms with E-state index in [2.05, 4.69) is 0 Å². The van der Waals surface area contributed by atoms with Crippen LogP contribution in [0.2, 0.25) is 0 Å². The van der Waals surface area contributed by atoms with Crippen LogP contribution in [0.4, 0.5) is 0 Å². The van der Waals surface area contributed by atoms with E-state index < -0.39 is 17.9 Å². The van der Waals surface area contributed by atoms with Crippen molar-refractivity contribution in [1.82, 2.24) is 0 Å². The average molecular weight is 252 g/mol. The maximum Gasteiger partial charge on any atom is 0.339 e. The highest BCUT2D eigenvalue weighted by atomic mass is 16.5. The zero-order valence-electron chi connectivity index (χ0n) is 9.89. The van der Waals surface area contributed by atoms with Crippen molar-refractivity contribution in [1.29, 1.82) is 0 Å². The molecule has 2 N–H and O–H groups in total. The van der Waals surface area contributed by atoms with Gasteiger partial charge in [0.05, 0.1) is 12.2 Å². The van der Waals surface area contributed by atoms with E-state index in [1.807, 2.05) is 0 Å². The first-order valence-corrected chi connectivity index (χ1v) is 5.24. The Hall–Kier alpha value is -2.33. The molecule has 0 amide bonds. The monoisotopic (exact) mass is 252 g/mol. The SMILES string of the molecule is CCOC1=C(C(=O)O)C(C)C(=C=O)C=C1C(=O)O. The summed E-state index contributed by atoms with van der Waals surface area (Å²) in [6.07, 6.45) is 1.09. The lowest BCUT2D eigenvalue weighted by Crippen LogP contribution is -2.23. The van der Waals surface area contributed by atoms with Crippen LogP contribution in [-0.4, -0.2) is 34.7 Å². The summed E-state index contributed by atoms with van der Waals surface area (Å²) in [5.74, 6) is -2.07. The predicted octanol–water partition coefficient (Wildman–Crippen LogP) is 0.780. The van der Waals surface area contributed by atoms with Gasteiger partial charge in [-0.2, -0.15) is 0 Å². The van der Waals surface area contributed by atoms with Crippen LogP contribution in [0.5, 0.6) is 0 Å². The third-order valence-electron chi connectivity index (χ3n) is 2.56. The van der Waals surface area contributed by atoms with Crippen LogP contribution in [0.1, 0.15) is 13.8 Å². The van der Waals surface area contributed by atoms with E-state index in [1.165, 1.54) is 6.92 Å². The first kappa shape index (κ1) is 13.7. The van der Waals surface area contributed by atoms with E-state index in [9.17, 15) is 14.4 Å². The van der Waals surface area contributed by atoms with Gasteiger partial charge >= 0.3 is 11.9 Å². The molecule has 18 heavy (non-hydrogen) atoms. The van der Waals surface area contributed by atoms with Gasteiger partial charge in [0.15, 0.2) is 0 Å². The van der Waals surface area contributed by atoms with Crippen molar-refractivity contribution in [3.63, 3.8) is 0 Å². The summed E-state index contributed by atoms with van der Waals surface area (Å²) >= 11 is 0. The Morgan fingerprint density at radius 3 is 2.39 bits per heavy atom. The third-order valence-corrected chi connectivity index (χ3v) is 2.56. The molecule has 0 saturated heterocycles. The third kappa shape index (κ3) is 2.33. The van der Waals surface area contributed by atoms with Crippen LogP contribution in [0.15, 0.2) is 28.6 Å². The summed E-state index contributed by atoms with van der Waals surface area (Å²) in [5.41, 5.74) is -0.603. The largest absolute Gasteiger partial charge is 0.492 e. The van der Waals surface area contributed by atoms with Crippen LogP contribution in [0.25, 0.3) is 0 Å². The molecule has 6 nitrogen and oxygen atoms in total. The van der Waals surface area contributed by atoms with Crippen molar-refractivity contribution in [3.05, 3.63) is 28.6 Å². The molecule has 0 aromatic heterocycles. The second-order valence-corrected chi connectivity index (χ2v) is 3.62. The normalized spacial score (nSPS) is 19.1. The summed E-state index contributed by atoms with van der Waals surface area (Å²) in [6, 6.07) is 0. The second-order valence-electron chi connectivity index (χ2n) is 3.62. The molecule has 6 heteroatoms. The van der Waals surface area contributed by atoms with E-state index >= 15 is 0 Å². The first-order valence-electron chi connectivity index (χ1n) is 5.24. The molecule has 0 bridgehead atoms. The molecule has 96 valence electrons. The Morgan fingerprint density at radius 2 is 2.00 bits per heavy atom. The Morgan fingerprint density at radius 1 is 1.39 bits per heavy atom. The maximum absolute atomic E-state index is 11.2. The van der Waals surface area contributed by atoms with Gasteiger partial charge in [-0.3, -0.25) is 0 Å². The van der Waals surface area contributed by atoms with Crippen molar-refractivity contribution in [2.45, 2.75) is 13.8 Å². The lowest BCUT2D eigenvalue weighted by molar-refractivity contribution is -0.133. The molecule has 0 fully saturated rings. The van der Waals surface area contributed by atoms with Crippen LogP contribution < -0.4 is 0 Å². The number of carboxylic acid groups (broad SMARTS) is 2. The number of ether oxygens (including phenoxy) is 1. The van der Waals surface area contributed by atoms with E-state index in [0.29, 0.717) is 0 Å². The van der Waals surface area contributed by atoms with Crippen molar-refractivity contribution in [2.75, 3.05) is 6.61 Å². The van der Waals surface area contributed by atoms with Gasteiger partial charge in [0.1, 0.15) is 17.3 Å². The highest BCUT2D eigenvalue weighted by Gasteiger charge is 2.34. The average Bonchev–Trinajstić information content (AvgIpc) is 2.28. The fourth-order valence-electron chi connectivity index (χ4n) is 1.70. The van der Waals surface area contributed by atoms with Gasteiger partial charge < -0.3 is 14.9 Å². The lowest BCUT2D eigenvalue weighted by Gasteiger charge is -2.22. The van der Waals surface area contributed by atoms with Crippen molar-refractivity contribution < 1.29 is 29.3 Å². The number of hydrogen-bond acceptors (Lipinski definition) is 4. The minimum absolute atomic E-state index is 0.0201. The minimum atomic E-state index is -1.35. The zero-order valence-corrected chi connectivity index (χ0v) is 9.89. The lowest BCUT2D eigenvalue weighted by atomic mass is 9.85. The first-order chi connectivity index (χ1) is 8.43. The highest BCUT2D eigenvalue weighted by Crippen LogP contribution is 2.33. The fourth-order valence-corrected chi connectivity index (χ4v) is 1.70. The summed E-state index contributed by atoms with van der Waals surface area (Å²) in [6.45, 7) is 3.23. The number of hydrogen-bond donors (Lipinski definition) is 2. The number of carbonyl (C=O) groups is 2. The smallest absolute Gasteiger partial charge is 0.339 e. The molecule has 0 aliphatic heterocycles. The molecule has 0 saturated carbocycles. The number of carbonyl (C=O) groups excluding carboxylic acids is 1. The predicted molar refractivity (Wildman–Crippen MR) is 60.4 cm³/mol. The van der Waals surface area contributed by atoms with Crippen molar-refractivity contribution in [3.8, 4) is 0 Å². The van der Waals surface area contributed by atoms with Crippen molar-refractivity contribution >= 4 is 17.9 Å². The fraction of sp³-hybridized carbons (Fsp3) is 0.333. The van der Waals surface area contributed by atoms with Gasteiger partial charge in [0.25, 0.3) is 0 Å². The van der Waals surface area contributed by atoms with Crippen LogP contribution in [0, 0.1) is 5.92 Å². The van der Waals surface area contributed by atoms with Crippen LogP contribution >= 0.6 is 0 Å². The summed E-state index contributed by atoms with van der Waals surface area (Å²) in [7, 11) is 0. The van der Waals surface area contributed by atoms with E-state index in [1.54, 1.807) is 12.9 Å². The van der Waals surface area contributed by atoms with Gasteiger partial charge in [-0.15, -0.1) is 0 Å². The van der Waals surface area contributed by atoms with Crippen molar-refractivity contribution in [2.24, 2.45) is 5.92 Å². The molecule has 0 radical (unpaired) electrons. The van der Waals surface area contributed by atoms with E-state index in [4.69, 9.17) is 14.9 Å². The molecule has 1 atom stereocenters. The zero-order chi connectivity index (χ0) is 13.9. The number of rotatable bonds is 4. The number of allylic oxidation sites excluding steroid dienone is 2. The summed E-state index contributed by atoms with van der Waals surface area (Å²) in [4.78, 5) is 33.0. The van der Waals surface area contributed by atoms with E-state index in [0.717, 1.165) is 6.08 Å². The van der Waals surface area contributed by atoms with E-state index in [-0.39, 0.29) is 29.1 Å². The highest BCUT2D eigenvalue weighted by molar-refractivity contribution is 5.99. The van der Waals surface area contributed by atoms with Crippen LogP contribution in [-0.2, 0) is 19.1 Å². The molecular weight excluding hydrogens is 240 g/mol. The van der Waals surface area contributed by atoms with Gasteiger partial charge in [-0.05, 0) is 13.0 Å². The van der Waals surface area contributed by atoms with Gasteiger partial charge in [-0.1, -0.05) is 6.92 Å². The topological polar surface area (TPSA) is 101 Å². The molecule has 1 aliphatic rings. The summed E-state index contributed by atoms with van der Waals surface area (Å²) < 4.78 is 5.10. The Balaban J connectivity index is 3.52. The number of carboxylic acids is 2. The number of aliphatic carboxylic acids is 2. The second kappa shape index (κ2) is 5.33. The van der Waals surface area contributed by atoms with Crippen LogP contribution in [0.3, 0.4) is 0 Å². The standard InChI is InChI=1S/C12H12O6/c1-3-18-10-8(11(14)15)4-7(5-13)6(2)9(10)12(16)17/h4,6H,3H2,1-2H3,(H,14,15)(H,16,17). The molecule has 1 unspecified atom stereocenters. The Kier molecular flexibility index (Phi) is 4.07. The molecule has 1 aliphatic carbocycles. The minimum Gasteiger partial charge on any atom is -0.492 e. The molecule has 0 aromatic carbocycles. The molecule has 1 rings (SSSR count). The maximum atomic E-state index is 11.2.